The van der Waals surface area contributed by atoms with Gasteiger partial charge in [-0.15, -0.1) is 0 Å². The molecule has 122 valence electrons. The number of nitrogens with zero attached hydrogens (tertiary/aromatic N) is 1. The highest BCUT2D eigenvalue weighted by Gasteiger charge is 2.09. The van der Waals surface area contributed by atoms with Gasteiger partial charge in [0.2, 0.25) is 0 Å². The van der Waals surface area contributed by atoms with Crippen molar-refractivity contribution in [2.24, 2.45) is 0 Å². The van der Waals surface area contributed by atoms with Crippen molar-refractivity contribution in [1.29, 1.82) is 0 Å². The first-order valence-corrected chi connectivity index (χ1v) is 7.17. The number of ether oxygens (including phenoxy) is 1. The third-order valence-corrected chi connectivity index (χ3v) is 3.24. The molecule has 0 aliphatic heterocycles. The van der Waals surface area contributed by atoms with E-state index in [9.17, 15) is 13.6 Å². The fraction of sp³-hybridized carbons (Fsp3) is 0.235. The van der Waals surface area contributed by atoms with Crippen molar-refractivity contribution in [2.75, 3.05) is 20.2 Å². The van der Waals surface area contributed by atoms with Crippen LogP contribution in [-0.2, 0) is 6.54 Å². The Balaban J connectivity index is 1.72. The predicted octanol–water partition coefficient (Wildman–Crippen LogP) is 3.19. The number of hydrogen-bond acceptors (Lipinski definition) is 2. The maximum atomic E-state index is 13.4. The van der Waals surface area contributed by atoms with Crippen molar-refractivity contribution in [3.05, 3.63) is 65.7 Å². The summed E-state index contributed by atoms with van der Waals surface area (Å²) in [6.07, 6.45) is 0. The van der Waals surface area contributed by atoms with E-state index in [2.05, 4.69) is 5.32 Å². The van der Waals surface area contributed by atoms with E-state index in [-0.39, 0.29) is 30.8 Å². The van der Waals surface area contributed by atoms with Crippen LogP contribution >= 0.6 is 0 Å². The van der Waals surface area contributed by atoms with E-state index in [0.29, 0.717) is 17.9 Å². The van der Waals surface area contributed by atoms with Crippen LogP contribution in [0, 0.1) is 11.6 Å². The van der Waals surface area contributed by atoms with E-state index in [4.69, 9.17) is 4.74 Å². The molecule has 0 saturated carbocycles. The van der Waals surface area contributed by atoms with Gasteiger partial charge >= 0.3 is 6.03 Å². The molecule has 6 heteroatoms. The standard InChI is InChI=1S/C17H18F2N2O2/c1-21(10-11-23-15-8-6-14(18)7-9-15)17(22)20-12-13-4-2-3-5-16(13)19/h2-9H,10-12H2,1H3,(H,20,22). The zero-order valence-corrected chi connectivity index (χ0v) is 12.8. The Kier molecular flexibility index (Phi) is 5.91. The molecule has 0 heterocycles. The fourth-order valence-corrected chi connectivity index (χ4v) is 1.88. The van der Waals surface area contributed by atoms with Gasteiger partial charge in [-0.1, -0.05) is 18.2 Å². The zero-order chi connectivity index (χ0) is 16.7. The van der Waals surface area contributed by atoms with E-state index < -0.39 is 0 Å². The fourth-order valence-electron chi connectivity index (χ4n) is 1.88. The highest BCUT2D eigenvalue weighted by molar-refractivity contribution is 5.73. The number of likely N-dealkylation sites (N-methyl/N-ethyl adjacent to an activating group) is 1. The van der Waals surface area contributed by atoms with Crippen LogP contribution in [0.15, 0.2) is 48.5 Å². The van der Waals surface area contributed by atoms with Crippen molar-refractivity contribution < 1.29 is 18.3 Å². The Labute approximate surface area is 133 Å². The molecular weight excluding hydrogens is 302 g/mol. The van der Waals surface area contributed by atoms with Gasteiger partial charge in [0.1, 0.15) is 24.0 Å². The Bertz CT molecular complexity index is 647. The molecule has 0 bridgehead atoms. The summed E-state index contributed by atoms with van der Waals surface area (Å²) < 4.78 is 31.6. The lowest BCUT2D eigenvalue weighted by Crippen LogP contribution is -2.39. The van der Waals surface area contributed by atoms with Crippen LogP contribution in [0.2, 0.25) is 0 Å². The third kappa shape index (κ3) is 5.25. The van der Waals surface area contributed by atoms with Crippen molar-refractivity contribution in [1.82, 2.24) is 10.2 Å². The average Bonchev–Trinajstić information content (AvgIpc) is 2.55. The first-order chi connectivity index (χ1) is 11.1. The molecule has 0 unspecified atom stereocenters. The smallest absolute Gasteiger partial charge is 0.317 e. The number of carbonyl (C=O) groups excluding carboxylic acids is 1. The monoisotopic (exact) mass is 320 g/mol. The van der Waals surface area contributed by atoms with Crippen LogP contribution in [0.3, 0.4) is 0 Å². The number of nitrogens with one attached hydrogen (secondary N) is 1. The summed E-state index contributed by atoms with van der Waals surface area (Å²) in [7, 11) is 1.62. The molecule has 2 aromatic carbocycles. The van der Waals surface area contributed by atoms with Gasteiger partial charge in [-0.05, 0) is 30.3 Å². The number of rotatable bonds is 6. The van der Waals surface area contributed by atoms with Crippen LogP contribution in [0.1, 0.15) is 5.56 Å². The van der Waals surface area contributed by atoms with Crippen LogP contribution in [0.4, 0.5) is 13.6 Å². The molecule has 0 aliphatic rings. The normalized spacial score (nSPS) is 10.2. The van der Waals surface area contributed by atoms with Gasteiger partial charge in [-0.2, -0.15) is 0 Å². The van der Waals surface area contributed by atoms with E-state index in [1.807, 2.05) is 0 Å². The Morgan fingerprint density at radius 3 is 2.52 bits per heavy atom. The van der Waals surface area contributed by atoms with Crippen LogP contribution in [-0.4, -0.2) is 31.1 Å². The molecule has 2 amide bonds. The molecule has 2 rings (SSSR count). The van der Waals surface area contributed by atoms with Gasteiger partial charge in [0, 0.05) is 19.2 Å². The third-order valence-electron chi connectivity index (χ3n) is 3.24. The highest BCUT2D eigenvalue weighted by Crippen LogP contribution is 2.10. The summed E-state index contributed by atoms with van der Waals surface area (Å²) in [5, 5.41) is 2.64. The number of hydrogen-bond donors (Lipinski definition) is 1. The van der Waals surface area contributed by atoms with E-state index in [0.717, 1.165) is 0 Å². The summed E-state index contributed by atoms with van der Waals surface area (Å²) >= 11 is 0. The largest absolute Gasteiger partial charge is 0.492 e. The maximum absolute atomic E-state index is 13.4. The lowest BCUT2D eigenvalue weighted by Gasteiger charge is -2.18. The van der Waals surface area contributed by atoms with Gasteiger partial charge in [-0.3, -0.25) is 0 Å². The summed E-state index contributed by atoms with van der Waals surface area (Å²) in [5.74, 6) is -0.149. The Morgan fingerprint density at radius 1 is 1.13 bits per heavy atom. The van der Waals surface area contributed by atoms with Gasteiger partial charge in [0.05, 0.1) is 6.54 Å². The summed E-state index contributed by atoms with van der Waals surface area (Å²) in [6.45, 7) is 0.740. The van der Waals surface area contributed by atoms with Crippen LogP contribution < -0.4 is 10.1 Å². The minimum atomic E-state index is -0.352. The second-order valence-electron chi connectivity index (χ2n) is 4.97. The average molecular weight is 320 g/mol. The lowest BCUT2D eigenvalue weighted by atomic mass is 10.2. The molecule has 0 spiro atoms. The number of carbonyl (C=O) groups is 1. The number of urea groups is 1. The van der Waals surface area contributed by atoms with Crippen LogP contribution in [0.25, 0.3) is 0 Å². The molecule has 0 aromatic heterocycles. The topological polar surface area (TPSA) is 41.6 Å². The van der Waals surface area contributed by atoms with Gasteiger partial charge < -0.3 is 15.0 Å². The molecule has 0 atom stereocenters. The number of amides is 2. The molecule has 4 nitrogen and oxygen atoms in total. The summed E-state index contributed by atoms with van der Waals surface area (Å²) in [6, 6.07) is 11.6. The van der Waals surface area contributed by atoms with E-state index >= 15 is 0 Å². The predicted molar refractivity (Wildman–Crippen MR) is 83.2 cm³/mol. The lowest BCUT2D eigenvalue weighted by molar-refractivity contribution is 0.195. The molecule has 0 aliphatic carbocycles. The first-order valence-electron chi connectivity index (χ1n) is 7.17. The molecule has 1 N–H and O–H groups in total. The van der Waals surface area contributed by atoms with Gasteiger partial charge in [0.15, 0.2) is 0 Å². The summed E-state index contributed by atoms with van der Waals surface area (Å²) in [4.78, 5) is 13.3. The van der Waals surface area contributed by atoms with Crippen molar-refractivity contribution >= 4 is 6.03 Å². The molecule has 0 radical (unpaired) electrons. The van der Waals surface area contributed by atoms with Crippen molar-refractivity contribution in [3.63, 3.8) is 0 Å². The summed E-state index contributed by atoms with van der Waals surface area (Å²) in [5.41, 5.74) is 0.428. The quantitative estimate of drug-likeness (QED) is 0.888. The first kappa shape index (κ1) is 16.7. The zero-order valence-electron chi connectivity index (χ0n) is 12.8. The number of halogens is 2. The minimum absolute atomic E-state index is 0.120. The molecular formula is C17H18F2N2O2. The van der Waals surface area contributed by atoms with Crippen molar-refractivity contribution in [2.45, 2.75) is 6.54 Å². The van der Waals surface area contributed by atoms with Crippen molar-refractivity contribution in [3.8, 4) is 5.75 Å². The SMILES string of the molecule is CN(CCOc1ccc(F)cc1)C(=O)NCc1ccccc1F. The van der Waals surface area contributed by atoms with Crippen LogP contribution in [0.5, 0.6) is 5.75 Å². The minimum Gasteiger partial charge on any atom is -0.492 e. The van der Waals surface area contributed by atoms with Gasteiger partial charge in [-0.25, -0.2) is 13.6 Å². The second-order valence-corrected chi connectivity index (χ2v) is 4.97. The maximum Gasteiger partial charge on any atom is 0.317 e. The molecule has 0 saturated heterocycles. The highest BCUT2D eigenvalue weighted by atomic mass is 19.1. The molecule has 0 fully saturated rings. The number of benzene rings is 2. The Hall–Kier alpha value is -2.63. The van der Waals surface area contributed by atoms with E-state index in [1.54, 1.807) is 25.2 Å². The molecule has 23 heavy (non-hydrogen) atoms. The second kappa shape index (κ2) is 8.12. The van der Waals surface area contributed by atoms with E-state index in [1.165, 1.54) is 35.2 Å². The molecule has 2 aromatic rings. The Morgan fingerprint density at radius 2 is 1.83 bits per heavy atom. The van der Waals surface area contributed by atoms with Gasteiger partial charge in [0.25, 0.3) is 0 Å².